The second kappa shape index (κ2) is 19.9. The maximum atomic E-state index is 13.4. The van der Waals surface area contributed by atoms with Gasteiger partial charge in [-0.25, -0.2) is 19.3 Å². The summed E-state index contributed by atoms with van der Waals surface area (Å²) in [6, 6.07) is 12.0. The molecule has 67 heavy (non-hydrogen) atoms. The Morgan fingerprint density at radius 1 is 0.791 bits per heavy atom. The summed E-state index contributed by atoms with van der Waals surface area (Å²) in [5.41, 5.74) is 0.992. The van der Waals surface area contributed by atoms with E-state index < -0.39 is 58.3 Å². The van der Waals surface area contributed by atoms with Crippen molar-refractivity contribution < 1.29 is 48.5 Å². The van der Waals surface area contributed by atoms with Gasteiger partial charge in [-0.15, -0.1) is 10.2 Å². The van der Waals surface area contributed by atoms with Crippen LogP contribution in [0.4, 0.5) is 32.2 Å². The first-order chi connectivity index (χ1) is 31.2. The molecule has 1 fully saturated rings. The number of carbonyl (C=O) groups excluding carboxylic acids is 2. The van der Waals surface area contributed by atoms with E-state index >= 15 is 0 Å². The highest BCUT2D eigenvalue weighted by molar-refractivity contribution is 7.85. The SMILES string of the molecule is Cc1nc(C(F)(F)F)cn1[C@@H](CCOS(C)(=O)=O)C(=O)Cc1nnn(-c2ccc(Cl)cc2)c1C(C)C.Cc1nc(C(F)(F)F)cn1[C@H]1CCN(c2nnn(-c3ccc(Cl)cc3)c2C(C)C)C1=O. The number of Topliss-reactive ketones (excluding diaryl/α,β-unsaturated/α-hetero) is 1. The maximum absolute atomic E-state index is 13.4. The number of imidazole rings is 2. The summed E-state index contributed by atoms with van der Waals surface area (Å²) < 4.78 is 112. The fourth-order valence-electron chi connectivity index (χ4n) is 7.61. The van der Waals surface area contributed by atoms with Crippen molar-refractivity contribution in [3.05, 3.63) is 111 Å². The number of anilines is 1. The molecule has 25 heteroatoms. The lowest BCUT2D eigenvalue weighted by Gasteiger charge is -2.19. The van der Waals surface area contributed by atoms with Crippen LogP contribution in [0.2, 0.25) is 10.0 Å². The third kappa shape index (κ3) is 11.7. The lowest BCUT2D eigenvalue weighted by atomic mass is 10.00. The molecule has 0 bridgehead atoms. The summed E-state index contributed by atoms with van der Waals surface area (Å²) >= 11 is 11.9. The number of aryl methyl sites for hydroxylation is 2. The number of ketones is 1. The zero-order valence-corrected chi connectivity index (χ0v) is 39.3. The topological polar surface area (TPSA) is 178 Å². The molecule has 0 N–H and O–H groups in total. The van der Waals surface area contributed by atoms with Crippen LogP contribution >= 0.6 is 23.2 Å². The lowest BCUT2D eigenvalue weighted by molar-refractivity contribution is -0.141. The number of rotatable bonds is 14. The van der Waals surface area contributed by atoms with Gasteiger partial charge in [0.05, 0.1) is 53.8 Å². The molecule has 0 radical (unpaired) electrons. The van der Waals surface area contributed by atoms with E-state index in [1.165, 1.54) is 23.3 Å². The number of hydrogen-bond donors (Lipinski definition) is 0. The van der Waals surface area contributed by atoms with Crippen molar-refractivity contribution in [1.82, 2.24) is 49.1 Å². The Morgan fingerprint density at radius 2 is 1.30 bits per heavy atom. The number of benzene rings is 2. The minimum absolute atomic E-state index is 0.0145. The van der Waals surface area contributed by atoms with Gasteiger partial charge in [0, 0.05) is 35.4 Å². The lowest BCUT2D eigenvalue weighted by Crippen LogP contribution is -2.30. The Kier molecular flexibility index (Phi) is 15.1. The number of halogens is 8. The van der Waals surface area contributed by atoms with Crippen LogP contribution in [0.3, 0.4) is 0 Å². The molecule has 1 saturated heterocycles. The molecule has 360 valence electrons. The van der Waals surface area contributed by atoms with Gasteiger partial charge in [-0.05, 0) is 80.6 Å². The van der Waals surface area contributed by atoms with Crippen molar-refractivity contribution in [3.8, 4) is 11.4 Å². The second-order valence-corrected chi connectivity index (χ2v) is 18.7. The smallest absolute Gasteiger partial charge is 0.324 e. The van der Waals surface area contributed by atoms with Gasteiger partial charge in [0.2, 0.25) is 0 Å². The zero-order valence-electron chi connectivity index (χ0n) is 37.0. The molecule has 4 aromatic heterocycles. The third-order valence-electron chi connectivity index (χ3n) is 10.6. The summed E-state index contributed by atoms with van der Waals surface area (Å²) in [4.78, 5) is 35.2. The Labute approximate surface area is 391 Å². The Bertz CT molecular complexity index is 2840. The molecule has 2 aromatic carbocycles. The molecule has 1 amide bonds. The van der Waals surface area contributed by atoms with Gasteiger partial charge in [-0.2, -0.15) is 34.8 Å². The van der Waals surface area contributed by atoms with E-state index in [0.29, 0.717) is 45.9 Å². The number of nitrogens with zero attached hydrogens (tertiary/aromatic N) is 11. The second-order valence-electron chi connectivity index (χ2n) is 16.2. The monoisotopic (exact) mass is 999 g/mol. The van der Waals surface area contributed by atoms with Crippen LogP contribution in [0.25, 0.3) is 11.4 Å². The molecule has 1 aliphatic heterocycles. The molecule has 0 unspecified atom stereocenters. The number of aromatic nitrogens is 10. The molecule has 2 atom stereocenters. The van der Waals surface area contributed by atoms with E-state index in [9.17, 15) is 44.3 Å². The van der Waals surface area contributed by atoms with Crippen LogP contribution in [-0.2, 0) is 42.7 Å². The van der Waals surface area contributed by atoms with Crippen molar-refractivity contribution in [2.45, 2.75) is 97.1 Å². The summed E-state index contributed by atoms with van der Waals surface area (Å²) in [5, 5.41) is 17.9. The van der Waals surface area contributed by atoms with E-state index in [0.717, 1.165) is 34.6 Å². The first-order valence-corrected chi connectivity index (χ1v) is 23.2. The van der Waals surface area contributed by atoms with Gasteiger partial charge in [-0.3, -0.25) is 18.7 Å². The highest BCUT2D eigenvalue weighted by Gasteiger charge is 2.41. The van der Waals surface area contributed by atoms with E-state index in [1.807, 2.05) is 27.7 Å². The summed E-state index contributed by atoms with van der Waals surface area (Å²) in [5.74, 6) is -0.441. The molecule has 16 nitrogen and oxygen atoms in total. The Morgan fingerprint density at radius 3 is 1.79 bits per heavy atom. The zero-order chi connectivity index (χ0) is 49.3. The van der Waals surface area contributed by atoms with E-state index in [-0.39, 0.29) is 42.2 Å². The average Bonchev–Trinajstić information content (AvgIpc) is 4.07. The van der Waals surface area contributed by atoms with Gasteiger partial charge in [0.25, 0.3) is 16.0 Å². The van der Waals surface area contributed by atoms with Crippen LogP contribution < -0.4 is 4.90 Å². The number of carbonyl (C=O) groups is 2. The molecule has 0 aliphatic carbocycles. The third-order valence-corrected chi connectivity index (χ3v) is 11.7. The number of alkyl halides is 6. The molecular formula is C42H45Cl2F6N11O5S. The van der Waals surface area contributed by atoms with Crippen molar-refractivity contribution in [3.63, 3.8) is 0 Å². The van der Waals surface area contributed by atoms with Gasteiger partial charge in [0.1, 0.15) is 17.7 Å². The van der Waals surface area contributed by atoms with Crippen LogP contribution in [0.1, 0.15) is 105 Å². The van der Waals surface area contributed by atoms with Gasteiger partial charge in [0.15, 0.2) is 23.0 Å². The van der Waals surface area contributed by atoms with Crippen molar-refractivity contribution in [2.75, 3.05) is 24.3 Å². The molecule has 7 rings (SSSR count). The molecule has 5 heterocycles. The standard InChI is InChI=1S/C22H25ClF3N5O4S.C20H20ClF3N6O/c1-13(2)21-17(28-29-31(21)16-7-5-15(23)6-8-16)11-19(32)18(9-10-35-36(4,33)34)30-12-20(22(24,25)26)27-14(30)3;1-11(2)17-18(26-27-30(17)14-6-4-13(21)5-7-14)28-9-8-15(19(28)31)29-10-16(20(22,23)24)25-12(29)3/h5-8,12-13,18H,9-11H2,1-4H3;4-7,10-11,15H,8-9H2,1-3H3/t18-;15-/m00/s1. The minimum atomic E-state index is -4.71. The van der Waals surface area contributed by atoms with E-state index in [2.05, 4.69) is 30.6 Å². The van der Waals surface area contributed by atoms with Gasteiger partial charge < -0.3 is 9.13 Å². The molecule has 6 aromatic rings. The van der Waals surface area contributed by atoms with Crippen LogP contribution in [0, 0.1) is 13.8 Å². The molecule has 0 saturated carbocycles. The van der Waals surface area contributed by atoms with Crippen molar-refractivity contribution >= 4 is 50.8 Å². The predicted octanol–water partition coefficient (Wildman–Crippen LogP) is 8.83. The summed E-state index contributed by atoms with van der Waals surface area (Å²) in [7, 11) is -3.81. The first-order valence-electron chi connectivity index (χ1n) is 20.6. The fraction of sp³-hybridized carbons (Fsp3) is 0.429. The summed E-state index contributed by atoms with van der Waals surface area (Å²) in [6.45, 7) is 10.4. The highest BCUT2D eigenvalue weighted by Crippen LogP contribution is 2.37. The van der Waals surface area contributed by atoms with Crippen LogP contribution in [-0.4, -0.2) is 88.6 Å². The number of amides is 1. The Hall–Kier alpha value is -5.65. The van der Waals surface area contributed by atoms with E-state index in [4.69, 9.17) is 27.4 Å². The minimum Gasteiger partial charge on any atom is -0.324 e. The fourth-order valence-corrected chi connectivity index (χ4v) is 8.26. The van der Waals surface area contributed by atoms with Crippen molar-refractivity contribution in [1.29, 1.82) is 0 Å². The summed E-state index contributed by atoms with van der Waals surface area (Å²) in [6.07, 6.45) is -6.88. The highest BCUT2D eigenvalue weighted by atomic mass is 35.5. The van der Waals surface area contributed by atoms with Gasteiger partial charge >= 0.3 is 12.4 Å². The first kappa shape index (κ1) is 50.8. The Balaban J connectivity index is 0.000000223. The van der Waals surface area contributed by atoms with E-state index in [1.54, 1.807) is 57.9 Å². The largest absolute Gasteiger partial charge is 0.434 e. The predicted molar refractivity (Wildman–Crippen MR) is 234 cm³/mol. The molecular weight excluding hydrogens is 955 g/mol. The molecule has 1 aliphatic rings. The average molecular weight is 1000 g/mol. The maximum Gasteiger partial charge on any atom is 0.434 e. The number of hydrogen-bond acceptors (Lipinski definition) is 11. The van der Waals surface area contributed by atoms with Gasteiger partial charge in [-0.1, -0.05) is 61.3 Å². The quantitative estimate of drug-likeness (QED) is 0.0752. The molecule has 0 spiro atoms. The van der Waals surface area contributed by atoms with Crippen LogP contribution in [0.5, 0.6) is 0 Å². The normalized spacial score (nSPS) is 15.1. The van der Waals surface area contributed by atoms with Crippen molar-refractivity contribution in [2.24, 2.45) is 0 Å². The van der Waals surface area contributed by atoms with Crippen LogP contribution in [0.15, 0.2) is 60.9 Å².